The molecule has 0 unspecified atom stereocenters. The molecule has 3 heteroatoms. The Morgan fingerprint density at radius 1 is 0.667 bits per heavy atom. The number of fused-ring (bicyclic) bond motifs is 2. The molecule has 0 aromatic rings. The maximum absolute atomic E-state index is 4.93. The fourth-order valence-corrected chi connectivity index (χ4v) is 3.54. The van der Waals surface area contributed by atoms with Crippen molar-refractivity contribution in [3.63, 3.8) is 0 Å². The van der Waals surface area contributed by atoms with Gasteiger partial charge in [-0.15, -0.1) is 0 Å². The van der Waals surface area contributed by atoms with Crippen LogP contribution in [0.25, 0.3) is 0 Å². The number of hydrogen-bond acceptors (Lipinski definition) is 0. The number of rotatable bonds is 2. The van der Waals surface area contributed by atoms with Crippen LogP contribution in [0.1, 0.15) is 13.8 Å². The van der Waals surface area contributed by atoms with E-state index in [0.29, 0.717) is 0 Å². The van der Waals surface area contributed by atoms with Crippen LogP contribution in [0.2, 0.25) is 0 Å². The quantitative estimate of drug-likeness (QED) is 0.507. The van der Waals surface area contributed by atoms with Gasteiger partial charge in [0.2, 0.25) is 0 Å². The van der Waals surface area contributed by atoms with Gasteiger partial charge in [0.15, 0.2) is 0 Å². The van der Waals surface area contributed by atoms with Crippen molar-refractivity contribution in [2.45, 2.75) is 13.8 Å². The van der Waals surface area contributed by atoms with Crippen molar-refractivity contribution in [2.24, 2.45) is 5.41 Å². The second-order valence-corrected chi connectivity index (χ2v) is 10.1. The molecule has 0 saturated heterocycles. The summed E-state index contributed by atoms with van der Waals surface area (Å²) in [4.78, 5) is 0. The predicted octanol–water partition coefficient (Wildman–Crippen LogP) is 5.93. The predicted molar refractivity (Wildman–Crippen MR) is 98.7 cm³/mol. The fourth-order valence-electron chi connectivity index (χ4n) is 3.54. The molecule has 4 rings (SSSR count). The number of allylic oxidation sites excluding steroid dienone is 8. The molecule has 0 N–H and O–H groups in total. The first kappa shape index (κ1) is 19.2. The zero-order valence-corrected chi connectivity index (χ0v) is 17.7. The van der Waals surface area contributed by atoms with Gasteiger partial charge in [0, 0.05) is 23.7 Å². The Balaban J connectivity index is 0.000000526. The molecule has 24 heavy (non-hydrogen) atoms. The molecular formula is C21H18Cl2Zr+2. The van der Waals surface area contributed by atoms with Crippen LogP contribution in [0.4, 0.5) is 0 Å². The Kier molecular flexibility index (Phi) is 6.72. The zero-order valence-electron chi connectivity index (χ0n) is 13.7. The second-order valence-electron chi connectivity index (χ2n) is 6.36. The summed E-state index contributed by atoms with van der Waals surface area (Å²) >= 11 is -0.826. The van der Waals surface area contributed by atoms with Crippen LogP contribution in [-0.4, -0.2) is 0 Å². The molecule has 118 valence electrons. The van der Waals surface area contributed by atoms with Crippen LogP contribution < -0.4 is 0 Å². The molecule has 0 aromatic heterocycles. The van der Waals surface area contributed by atoms with Gasteiger partial charge in [0.1, 0.15) is 0 Å². The first-order valence-corrected chi connectivity index (χ1v) is 14.2. The summed E-state index contributed by atoms with van der Waals surface area (Å²) in [7, 11) is 9.87. The topological polar surface area (TPSA) is 0 Å². The van der Waals surface area contributed by atoms with Crippen molar-refractivity contribution in [3.05, 3.63) is 110 Å². The third kappa shape index (κ3) is 3.74. The SMILES string of the molecule is CC(C)([C]1[CH][CH][C]2C=CC=C[C]21)[C]1[CH][CH][C]2C=CC=C[C]21.[Cl][Zr+2][Cl]. The molecule has 0 atom stereocenters. The minimum absolute atomic E-state index is 0.00616. The van der Waals surface area contributed by atoms with Crippen molar-refractivity contribution < 1.29 is 20.8 Å². The monoisotopic (exact) mass is 430 g/mol. The van der Waals surface area contributed by atoms with Gasteiger partial charge in [-0.1, -0.05) is 62.5 Å². The van der Waals surface area contributed by atoms with Gasteiger partial charge in [-0.2, -0.15) is 0 Å². The zero-order chi connectivity index (χ0) is 17.2. The average molecular weight is 433 g/mol. The summed E-state index contributed by atoms with van der Waals surface area (Å²) in [6.45, 7) is 4.66. The average Bonchev–Trinajstić information content (AvgIpc) is 3.20. The van der Waals surface area contributed by atoms with Crippen molar-refractivity contribution >= 4 is 17.0 Å². The molecule has 10 radical (unpaired) electrons. The Labute approximate surface area is 166 Å². The standard InChI is InChI=1S/C21H18.2ClH.Zr/c1-21(2,19-13-11-15-7-3-5-9-17(15)19)20-14-12-16-8-4-6-10-18(16)20;;;/h3-14H,1-2H3;2*1H;/q;;;+4/p-2. The van der Waals surface area contributed by atoms with E-state index in [1.165, 1.54) is 35.5 Å². The van der Waals surface area contributed by atoms with Gasteiger partial charge in [0.05, 0.1) is 0 Å². The van der Waals surface area contributed by atoms with Crippen LogP contribution in [0, 0.1) is 66.6 Å². The van der Waals surface area contributed by atoms with Gasteiger partial charge in [-0.3, -0.25) is 0 Å². The van der Waals surface area contributed by atoms with Crippen LogP contribution in [0.5, 0.6) is 0 Å². The summed E-state index contributed by atoms with van der Waals surface area (Å²) in [6.07, 6.45) is 26.4. The molecule has 0 nitrogen and oxygen atoms in total. The van der Waals surface area contributed by atoms with E-state index < -0.39 is 20.8 Å². The van der Waals surface area contributed by atoms with E-state index in [1.807, 2.05) is 0 Å². The van der Waals surface area contributed by atoms with Gasteiger partial charge in [0.25, 0.3) is 0 Å². The molecule has 0 aliphatic heterocycles. The molecule has 4 aliphatic carbocycles. The third-order valence-corrected chi connectivity index (χ3v) is 4.71. The first-order valence-electron chi connectivity index (χ1n) is 7.85. The summed E-state index contributed by atoms with van der Waals surface area (Å²) in [6, 6.07) is 0. The summed E-state index contributed by atoms with van der Waals surface area (Å²) in [5, 5.41) is 0. The molecule has 2 fully saturated rings. The van der Waals surface area contributed by atoms with Crippen molar-refractivity contribution in [3.8, 4) is 0 Å². The molecule has 4 aliphatic rings. The van der Waals surface area contributed by atoms with E-state index in [-0.39, 0.29) is 5.41 Å². The molecule has 0 aromatic carbocycles. The summed E-state index contributed by atoms with van der Waals surface area (Å²) < 4.78 is 0. The molecule has 0 spiro atoms. The van der Waals surface area contributed by atoms with Crippen molar-refractivity contribution in [2.75, 3.05) is 0 Å². The van der Waals surface area contributed by atoms with E-state index in [0.717, 1.165) is 0 Å². The van der Waals surface area contributed by atoms with Crippen LogP contribution >= 0.6 is 17.0 Å². The molecule has 0 bridgehead atoms. The van der Waals surface area contributed by atoms with Gasteiger partial charge >= 0.3 is 37.9 Å². The van der Waals surface area contributed by atoms with E-state index in [1.54, 1.807) is 0 Å². The van der Waals surface area contributed by atoms with Crippen molar-refractivity contribution in [1.29, 1.82) is 0 Å². The van der Waals surface area contributed by atoms with E-state index >= 15 is 0 Å². The van der Waals surface area contributed by atoms with Gasteiger partial charge in [-0.05, 0) is 42.9 Å². The number of hydrogen-bond donors (Lipinski definition) is 0. The summed E-state index contributed by atoms with van der Waals surface area (Å²) in [5.74, 6) is 8.22. The molecular weight excluding hydrogens is 414 g/mol. The maximum atomic E-state index is 4.93. The van der Waals surface area contributed by atoms with Crippen LogP contribution in [0.3, 0.4) is 0 Å². The number of halogens is 2. The van der Waals surface area contributed by atoms with Gasteiger partial charge < -0.3 is 0 Å². The molecule has 2 saturated carbocycles. The van der Waals surface area contributed by atoms with Crippen LogP contribution in [0.15, 0.2) is 48.6 Å². The molecule has 0 heterocycles. The second kappa shape index (κ2) is 8.41. The Morgan fingerprint density at radius 2 is 1.04 bits per heavy atom. The Bertz CT molecular complexity index is 500. The normalized spacial score (nSPS) is 25.5. The van der Waals surface area contributed by atoms with E-state index in [2.05, 4.69) is 88.1 Å². The van der Waals surface area contributed by atoms with E-state index in [9.17, 15) is 0 Å². The third-order valence-electron chi connectivity index (χ3n) is 4.71. The summed E-state index contributed by atoms with van der Waals surface area (Å²) in [5.41, 5.74) is 0.00616. The van der Waals surface area contributed by atoms with Crippen LogP contribution in [-0.2, 0) is 20.8 Å². The van der Waals surface area contributed by atoms with Gasteiger partial charge in [-0.25, -0.2) is 0 Å². The van der Waals surface area contributed by atoms with Crippen molar-refractivity contribution in [1.82, 2.24) is 0 Å². The Hall–Kier alpha value is 0.423. The fraction of sp³-hybridized carbons (Fsp3) is 0.143. The first-order chi connectivity index (χ1) is 11.6. The minimum atomic E-state index is -0.826. The van der Waals surface area contributed by atoms with E-state index in [4.69, 9.17) is 17.0 Å². The Morgan fingerprint density at radius 3 is 1.46 bits per heavy atom. The molecule has 0 amide bonds.